The Morgan fingerprint density at radius 2 is 2.23 bits per heavy atom. The molecule has 0 unspecified atom stereocenters. The fourth-order valence-corrected chi connectivity index (χ4v) is 2.44. The summed E-state index contributed by atoms with van der Waals surface area (Å²) in [6.45, 7) is 3.65. The molecule has 2 rings (SSSR count). The number of carboxylic acid groups (broad SMARTS) is 1. The number of carbonyl (C=O) groups is 3. The van der Waals surface area contributed by atoms with Gasteiger partial charge in [-0.3, -0.25) is 4.79 Å². The quantitative estimate of drug-likeness (QED) is 0.513. The van der Waals surface area contributed by atoms with Crippen LogP contribution in [0.25, 0.3) is 0 Å². The number of hydroxylamine groups is 2. The molecule has 8 nitrogen and oxygen atoms in total. The SMILES string of the molecule is CC(=O)NC[C@@H]1C(C)=C[C@@H]2CN1C(=O)N2O[C@@H](F)C(=O)O.[LiH]. The van der Waals surface area contributed by atoms with Crippen LogP contribution in [0, 0.1) is 0 Å². The first kappa shape index (κ1) is 18.5. The molecule has 1 fully saturated rings. The first-order valence-electron chi connectivity index (χ1n) is 6.37. The Morgan fingerprint density at radius 3 is 2.77 bits per heavy atom. The van der Waals surface area contributed by atoms with E-state index in [0.717, 1.165) is 10.6 Å². The van der Waals surface area contributed by atoms with Gasteiger partial charge in [-0.25, -0.2) is 18.8 Å². The van der Waals surface area contributed by atoms with E-state index in [9.17, 15) is 18.8 Å². The first-order chi connectivity index (χ1) is 9.81. The van der Waals surface area contributed by atoms with Crippen molar-refractivity contribution >= 4 is 36.8 Å². The molecule has 2 aliphatic rings. The molecule has 2 N–H and O–H groups in total. The summed E-state index contributed by atoms with van der Waals surface area (Å²) in [6, 6.07) is -1.51. The van der Waals surface area contributed by atoms with E-state index in [2.05, 4.69) is 10.2 Å². The fraction of sp³-hybridized carbons (Fsp3) is 0.583. The topological polar surface area (TPSA) is 99.2 Å². The number of hydrogen-bond donors (Lipinski definition) is 2. The number of amides is 3. The van der Waals surface area contributed by atoms with Gasteiger partial charge in [0.05, 0.1) is 12.1 Å². The molecule has 0 aromatic carbocycles. The zero-order valence-electron chi connectivity index (χ0n) is 11.6. The van der Waals surface area contributed by atoms with Crippen molar-refractivity contribution in [1.82, 2.24) is 15.3 Å². The Balaban J connectivity index is 0.00000242. The van der Waals surface area contributed by atoms with E-state index >= 15 is 0 Å². The third-order valence-electron chi connectivity index (χ3n) is 3.42. The van der Waals surface area contributed by atoms with Gasteiger partial charge in [0.1, 0.15) is 0 Å². The number of carbonyl (C=O) groups excluding carboxylic acids is 2. The van der Waals surface area contributed by atoms with Crippen molar-refractivity contribution in [3.8, 4) is 0 Å². The van der Waals surface area contributed by atoms with Crippen molar-refractivity contribution in [3.63, 3.8) is 0 Å². The van der Waals surface area contributed by atoms with E-state index < -0.39 is 24.4 Å². The summed E-state index contributed by atoms with van der Waals surface area (Å²) in [5, 5.41) is 11.9. The second-order valence-electron chi connectivity index (χ2n) is 4.95. The normalized spacial score (nSPS) is 24.5. The maximum atomic E-state index is 13.1. The molecular formula is C12H17FLiN3O5. The average molecular weight is 309 g/mol. The molecule has 0 spiro atoms. The fourth-order valence-electron chi connectivity index (χ4n) is 2.44. The molecule has 10 heteroatoms. The average Bonchev–Trinajstić information content (AvgIpc) is 2.63. The molecule has 0 aromatic heterocycles. The summed E-state index contributed by atoms with van der Waals surface area (Å²) < 4.78 is 13.1. The minimum absolute atomic E-state index is 0. The van der Waals surface area contributed by atoms with Gasteiger partial charge in [-0.2, -0.15) is 5.06 Å². The van der Waals surface area contributed by atoms with E-state index in [1.54, 1.807) is 13.0 Å². The van der Waals surface area contributed by atoms with Gasteiger partial charge in [-0.05, 0) is 6.92 Å². The first-order valence-corrected chi connectivity index (χ1v) is 6.37. The van der Waals surface area contributed by atoms with Crippen LogP contribution in [0.3, 0.4) is 0 Å². The van der Waals surface area contributed by atoms with Gasteiger partial charge >= 0.3 is 37.2 Å². The molecule has 0 aromatic rings. The molecule has 2 heterocycles. The van der Waals surface area contributed by atoms with Crippen LogP contribution in [0.5, 0.6) is 0 Å². The number of rotatable bonds is 5. The van der Waals surface area contributed by atoms with Gasteiger partial charge in [-0.1, -0.05) is 11.6 Å². The van der Waals surface area contributed by atoms with Crippen LogP contribution in [0.15, 0.2) is 11.6 Å². The van der Waals surface area contributed by atoms with Crippen LogP contribution in [-0.2, 0) is 14.4 Å². The van der Waals surface area contributed by atoms with Gasteiger partial charge in [0.2, 0.25) is 5.91 Å². The summed E-state index contributed by atoms with van der Waals surface area (Å²) in [5.41, 5.74) is 0.824. The standard InChI is InChI=1S/C12H16FN3O5.Li.H/c1-6-3-8-5-15(9(6)4-14-7(2)17)12(20)16(8)21-10(13)11(18)19;;/h3,8-10H,4-5H2,1-2H3,(H,14,17)(H,18,19);;/t8-,9-,10-;;/m1../s1. The molecule has 118 valence electrons. The van der Waals surface area contributed by atoms with Crippen LogP contribution >= 0.6 is 0 Å². The summed E-state index contributed by atoms with van der Waals surface area (Å²) >= 11 is 0. The van der Waals surface area contributed by atoms with E-state index in [1.165, 1.54) is 11.8 Å². The van der Waals surface area contributed by atoms with E-state index in [-0.39, 0.29) is 43.9 Å². The monoisotopic (exact) mass is 309 g/mol. The van der Waals surface area contributed by atoms with Crippen molar-refractivity contribution in [3.05, 3.63) is 11.6 Å². The van der Waals surface area contributed by atoms with E-state index in [4.69, 9.17) is 5.11 Å². The predicted molar refractivity (Wildman–Crippen MR) is 74.7 cm³/mol. The van der Waals surface area contributed by atoms with Crippen LogP contribution in [0.2, 0.25) is 0 Å². The summed E-state index contributed by atoms with van der Waals surface area (Å²) in [7, 11) is 0. The second-order valence-corrected chi connectivity index (χ2v) is 4.95. The number of urea groups is 1. The Kier molecular flexibility index (Phi) is 5.99. The minimum atomic E-state index is -2.60. The molecule has 1 saturated heterocycles. The molecule has 22 heavy (non-hydrogen) atoms. The number of alkyl halides is 1. The molecule has 0 saturated carbocycles. The third kappa shape index (κ3) is 3.60. The molecule has 0 radical (unpaired) electrons. The number of halogens is 1. The van der Waals surface area contributed by atoms with E-state index in [0.29, 0.717) is 0 Å². The molecule has 0 aliphatic carbocycles. The summed E-state index contributed by atoms with van der Waals surface area (Å²) in [6.07, 6.45) is -0.889. The number of aliphatic carboxylic acids is 1. The van der Waals surface area contributed by atoms with Crippen molar-refractivity contribution in [2.24, 2.45) is 0 Å². The van der Waals surface area contributed by atoms with Gasteiger partial charge in [0, 0.05) is 20.0 Å². The van der Waals surface area contributed by atoms with Crippen molar-refractivity contribution < 1.29 is 28.7 Å². The Labute approximate surface area is 138 Å². The molecule has 2 aliphatic heterocycles. The molecular weight excluding hydrogens is 292 g/mol. The molecule has 3 atom stereocenters. The van der Waals surface area contributed by atoms with Gasteiger partial charge in [0.25, 0.3) is 0 Å². The third-order valence-corrected chi connectivity index (χ3v) is 3.42. The number of carboxylic acids is 1. The van der Waals surface area contributed by atoms with Crippen LogP contribution < -0.4 is 5.32 Å². The zero-order valence-corrected chi connectivity index (χ0v) is 11.6. The second kappa shape index (κ2) is 7.13. The summed E-state index contributed by atoms with van der Waals surface area (Å²) in [5.74, 6) is -2.02. The predicted octanol–water partition coefficient (Wildman–Crippen LogP) is -0.779. The van der Waals surface area contributed by atoms with Gasteiger partial charge in [-0.15, -0.1) is 0 Å². The van der Waals surface area contributed by atoms with Crippen molar-refractivity contribution in [2.75, 3.05) is 13.1 Å². The number of nitrogens with zero attached hydrogens (tertiary/aromatic N) is 2. The van der Waals surface area contributed by atoms with Crippen molar-refractivity contribution in [2.45, 2.75) is 32.3 Å². The molecule has 2 bridgehead atoms. The number of hydrogen-bond acceptors (Lipinski definition) is 4. The van der Waals surface area contributed by atoms with Gasteiger partial charge < -0.3 is 15.3 Å². The Hall–Kier alpha value is -1.56. The maximum absolute atomic E-state index is 13.1. The Bertz CT molecular complexity index is 515. The van der Waals surface area contributed by atoms with Crippen LogP contribution in [0.4, 0.5) is 9.18 Å². The van der Waals surface area contributed by atoms with Gasteiger partial charge in [0.15, 0.2) is 0 Å². The van der Waals surface area contributed by atoms with Crippen molar-refractivity contribution in [1.29, 1.82) is 0 Å². The van der Waals surface area contributed by atoms with Crippen LogP contribution in [0.1, 0.15) is 13.8 Å². The Morgan fingerprint density at radius 1 is 1.59 bits per heavy atom. The van der Waals surface area contributed by atoms with Crippen LogP contribution in [-0.4, -0.2) is 83.4 Å². The van der Waals surface area contributed by atoms with E-state index in [1.807, 2.05) is 0 Å². The number of fused-ring (bicyclic) bond motifs is 2. The zero-order chi connectivity index (χ0) is 15.7. The number of nitrogens with one attached hydrogen (secondary N) is 1. The summed E-state index contributed by atoms with van der Waals surface area (Å²) in [4.78, 5) is 39.6. The molecule has 3 amide bonds.